The molecule has 0 N–H and O–H groups in total. The lowest BCUT2D eigenvalue weighted by Crippen LogP contribution is -2.20. The maximum absolute atomic E-state index is 11.8. The number of fused-ring (bicyclic) bond motifs is 2. The Morgan fingerprint density at radius 2 is 1.81 bits per heavy atom. The molecule has 0 saturated heterocycles. The Morgan fingerprint density at radius 1 is 1.00 bits per heavy atom. The van der Waals surface area contributed by atoms with Gasteiger partial charge in [-0.2, -0.15) is 0 Å². The number of hydrogen-bond acceptors (Lipinski definition) is 4. The fraction of sp³-hybridized carbons (Fsp3) is 0.0952. The van der Waals surface area contributed by atoms with Crippen molar-refractivity contribution < 1.29 is 9.53 Å². The van der Waals surface area contributed by atoms with Crippen LogP contribution in [0, 0.1) is 0 Å². The minimum Gasteiger partial charge on any atom is -0.465 e. The predicted molar refractivity (Wildman–Crippen MR) is 106 cm³/mol. The van der Waals surface area contributed by atoms with Gasteiger partial charge in [-0.1, -0.05) is 47.6 Å². The van der Waals surface area contributed by atoms with E-state index in [4.69, 9.17) is 16.3 Å². The second-order valence-corrected chi connectivity index (χ2v) is 7.48. The molecule has 0 aromatic heterocycles. The summed E-state index contributed by atoms with van der Waals surface area (Å²) in [5.41, 5.74) is 3.79. The van der Waals surface area contributed by atoms with E-state index < -0.39 is 0 Å². The van der Waals surface area contributed by atoms with Crippen molar-refractivity contribution >= 4 is 40.7 Å². The summed E-state index contributed by atoms with van der Waals surface area (Å²) >= 11 is 8.00. The van der Waals surface area contributed by atoms with Crippen LogP contribution in [0.15, 0.2) is 76.5 Å². The largest absolute Gasteiger partial charge is 0.465 e. The average molecular weight is 382 g/mol. The van der Waals surface area contributed by atoms with Gasteiger partial charge in [-0.3, -0.25) is 0 Å². The van der Waals surface area contributed by atoms with Gasteiger partial charge in [0.2, 0.25) is 0 Å². The molecule has 1 heterocycles. The van der Waals surface area contributed by atoms with Crippen LogP contribution < -0.4 is 4.90 Å². The van der Waals surface area contributed by atoms with Crippen molar-refractivity contribution in [2.75, 3.05) is 12.0 Å². The van der Waals surface area contributed by atoms with E-state index in [2.05, 4.69) is 23.1 Å². The summed E-state index contributed by atoms with van der Waals surface area (Å²) in [6.45, 7) is 0.635. The highest BCUT2D eigenvalue weighted by molar-refractivity contribution is 7.99. The van der Waals surface area contributed by atoms with E-state index in [-0.39, 0.29) is 5.97 Å². The highest BCUT2D eigenvalue weighted by Crippen LogP contribution is 2.49. The Hall–Kier alpha value is -2.43. The zero-order chi connectivity index (χ0) is 18.1. The molecule has 0 spiro atoms. The quantitative estimate of drug-likeness (QED) is 0.526. The molecule has 0 saturated carbocycles. The molecule has 3 aromatic rings. The molecule has 1 aliphatic rings. The van der Waals surface area contributed by atoms with Gasteiger partial charge in [0.1, 0.15) is 0 Å². The van der Waals surface area contributed by atoms with Gasteiger partial charge in [0, 0.05) is 21.4 Å². The molecule has 5 heteroatoms. The van der Waals surface area contributed by atoms with Crippen LogP contribution in [0.3, 0.4) is 0 Å². The average Bonchev–Trinajstić information content (AvgIpc) is 2.68. The number of rotatable bonds is 3. The minimum absolute atomic E-state index is 0.329. The standard InChI is InChI=1S/C21H16ClNO2S/c1-25-21(24)15-6-4-5-14(11-15)13-23-17-7-2-3-8-19(17)26-20-10-9-16(22)12-18(20)23/h2-12H,13H2,1H3. The van der Waals surface area contributed by atoms with E-state index in [1.165, 1.54) is 12.0 Å². The van der Waals surface area contributed by atoms with Crippen LogP contribution >= 0.6 is 23.4 Å². The molecular formula is C21H16ClNO2S. The fourth-order valence-electron chi connectivity index (χ4n) is 3.07. The molecule has 4 rings (SSSR count). The van der Waals surface area contributed by atoms with Crippen molar-refractivity contribution in [3.05, 3.63) is 82.9 Å². The molecule has 130 valence electrons. The first-order chi connectivity index (χ1) is 12.7. The molecule has 26 heavy (non-hydrogen) atoms. The van der Waals surface area contributed by atoms with E-state index in [9.17, 15) is 4.79 Å². The van der Waals surface area contributed by atoms with Crippen LogP contribution in [0.4, 0.5) is 11.4 Å². The van der Waals surface area contributed by atoms with E-state index in [0.717, 1.165) is 21.8 Å². The van der Waals surface area contributed by atoms with Crippen molar-refractivity contribution in [3.8, 4) is 0 Å². The summed E-state index contributed by atoms with van der Waals surface area (Å²) < 4.78 is 4.84. The smallest absolute Gasteiger partial charge is 0.337 e. The Kier molecular flexibility index (Phi) is 4.62. The lowest BCUT2D eigenvalue weighted by Gasteiger charge is -2.33. The van der Waals surface area contributed by atoms with Gasteiger partial charge in [0.15, 0.2) is 0 Å². The highest BCUT2D eigenvalue weighted by atomic mass is 35.5. The third-order valence-electron chi connectivity index (χ3n) is 4.28. The third kappa shape index (κ3) is 3.18. The van der Waals surface area contributed by atoms with Gasteiger partial charge in [0.05, 0.1) is 24.0 Å². The zero-order valence-electron chi connectivity index (χ0n) is 14.1. The number of carbonyl (C=O) groups is 1. The summed E-state index contributed by atoms with van der Waals surface area (Å²) in [6, 6.07) is 21.8. The molecule has 0 aliphatic carbocycles. The number of para-hydroxylation sites is 1. The number of methoxy groups -OCH3 is 1. The van der Waals surface area contributed by atoms with Crippen LogP contribution in [0.1, 0.15) is 15.9 Å². The van der Waals surface area contributed by atoms with E-state index in [1.807, 2.05) is 42.5 Å². The first-order valence-corrected chi connectivity index (χ1v) is 9.36. The van der Waals surface area contributed by atoms with Crippen LogP contribution in [0.25, 0.3) is 0 Å². The topological polar surface area (TPSA) is 29.5 Å². The van der Waals surface area contributed by atoms with Gasteiger partial charge in [-0.15, -0.1) is 0 Å². The monoisotopic (exact) mass is 381 g/mol. The fourth-order valence-corrected chi connectivity index (χ4v) is 4.31. The normalized spacial score (nSPS) is 12.3. The number of hydrogen-bond donors (Lipinski definition) is 0. The van der Waals surface area contributed by atoms with E-state index >= 15 is 0 Å². The number of carbonyl (C=O) groups excluding carboxylic acids is 1. The Labute approximate surface area is 161 Å². The van der Waals surface area contributed by atoms with Gasteiger partial charge in [0.25, 0.3) is 0 Å². The molecule has 3 nitrogen and oxygen atoms in total. The second kappa shape index (κ2) is 7.06. The SMILES string of the molecule is COC(=O)c1cccc(CN2c3ccccc3Sc3ccc(Cl)cc32)c1. The molecule has 3 aromatic carbocycles. The number of nitrogens with zero attached hydrogens (tertiary/aromatic N) is 1. The molecule has 0 unspecified atom stereocenters. The van der Waals surface area contributed by atoms with Gasteiger partial charge >= 0.3 is 5.97 Å². The van der Waals surface area contributed by atoms with Gasteiger partial charge in [-0.25, -0.2) is 4.79 Å². The number of ether oxygens (including phenoxy) is 1. The summed E-state index contributed by atoms with van der Waals surface area (Å²) in [7, 11) is 1.39. The number of halogens is 1. The van der Waals surface area contributed by atoms with Crippen molar-refractivity contribution in [2.24, 2.45) is 0 Å². The lowest BCUT2D eigenvalue weighted by atomic mass is 10.1. The van der Waals surface area contributed by atoms with E-state index in [1.54, 1.807) is 17.8 Å². The first-order valence-electron chi connectivity index (χ1n) is 8.17. The van der Waals surface area contributed by atoms with Gasteiger partial charge < -0.3 is 9.64 Å². The molecule has 0 bridgehead atoms. The molecular weight excluding hydrogens is 366 g/mol. The van der Waals surface area contributed by atoms with Crippen LogP contribution in [0.5, 0.6) is 0 Å². The Morgan fingerprint density at radius 3 is 2.65 bits per heavy atom. The van der Waals surface area contributed by atoms with Crippen LogP contribution in [-0.4, -0.2) is 13.1 Å². The summed E-state index contributed by atoms with van der Waals surface area (Å²) in [5.74, 6) is -0.329. The maximum Gasteiger partial charge on any atom is 0.337 e. The Balaban J connectivity index is 1.77. The zero-order valence-corrected chi connectivity index (χ0v) is 15.7. The Bertz CT molecular complexity index is 989. The van der Waals surface area contributed by atoms with Crippen molar-refractivity contribution in [2.45, 2.75) is 16.3 Å². The lowest BCUT2D eigenvalue weighted by molar-refractivity contribution is 0.0600. The highest BCUT2D eigenvalue weighted by Gasteiger charge is 2.23. The van der Waals surface area contributed by atoms with Crippen molar-refractivity contribution in [1.29, 1.82) is 0 Å². The number of esters is 1. The third-order valence-corrected chi connectivity index (χ3v) is 5.64. The summed E-state index contributed by atoms with van der Waals surface area (Å²) in [4.78, 5) is 16.4. The van der Waals surface area contributed by atoms with Crippen LogP contribution in [0.2, 0.25) is 5.02 Å². The van der Waals surface area contributed by atoms with E-state index in [0.29, 0.717) is 17.1 Å². The molecule has 0 atom stereocenters. The molecule has 0 fully saturated rings. The van der Waals surface area contributed by atoms with Crippen molar-refractivity contribution in [1.82, 2.24) is 0 Å². The first kappa shape index (κ1) is 17.0. The summed E-state index contributed by atoms with van der Waals surface area (Å²) in [6.07, 6.45) is 0. The molecule has 0 amide bonds. The summed E-state index contributed by atoms with van der Waals surface area (Å²) in [5, 5.41) is 0.706. The number of anilines is 2. The van der Waals surface area contributed by atoms with Gasteiger partial charge in [-0.05, 0) is 48.0 Å². The second-order valence-electron chi connectivity index (χ2n) is 5.96. The van der Waals surface area contributed by atoms with Crippen LogP contribution in [-0.2, 0) is 11.3 Å². The minimum atomic E-state index is -0.329. The number of benzene rings is 3. The molecule has 1 aliphatic heterocycles. The maximum atomic E-state index is 11.8. The molecule has 0 radical (unpaired) electrons. The van der Waals surface area contributed by atoms with Crippen molar-refractivity contribution in [3.63, 3.8) is 0 Å². The predicted octanol–water partition coefficient (Wildman–Crippen LogP) is 5.93.